The highest BCUT2D eigenvalue weighted by Gasteiger charge is 2.26. The van der Waals surface area contributed by atoms with Crippen LogP contribution in [0.2, 0.25) is 0 Å². The van der Waals surface area contributed by atoms with Gasteiger partial charge in [-0.1, -0.05) is 18.2 Å². The maximum absolute atomic E-state index is 12.3. The molecule has 1 aliphatic rings. The molecule has 0 unspecified atom stereocenters. The molecule has 2 heterocycles. The van der Waals surface area contributed by atoms with Gasteiger partial charge in [-0.15, -0.1) is 11.3 Å². The molecule has 0 radical (unpaired) electrons. The summed E-state index contributed by atoms with van der Waals surface area (Å²) in [5, 5.41) is 13.3. The zero-order valence-electron chi connectivity index (χ0n) is 10.6. The van der Waals surface area contributed by atoms with E-state index in [2.05, 4.69) is 20.5 Å². The quantitative estimate of drug-likeness (QED) is 0.776. The van der Waals surface area contributed by atoms with E-state index in [4.69, 9.17) is 0 Å². The van der Waals surface area contributed by atoms with Crippen LogP contribution in [0.4, 0.5) is 5.13 Å². The predicted molar refractivity (Wildman–Crippen MR) is 78.1 cm³/mol. The molecular formula is C14H12N4OS. The first-order chi connectivity index (χ1) is 9.81. The normalized spacial score (nSPS) is 14.6. The van der Waals surface area contributed by atoms with E-state index >= 15 is 0 Å². The second-order valence-electron chi connectivity index (χ2n) is 4.92. The number of thiazole rings is 1. The third-order valence-electron chi connectivity index (χ3n) is 3.42. The minimum Gasteiger partial charge on any atom is -0.296 e. The van der Waals surface area contributed by atoms with Crippen molar-refractivity contribution < 1.29 is 4.79 Å². The fourth-order valence-corrected chi connectivity index (χ4v) is 2.99. The van der Waals surface area contributed by atoms with Crippen LogP contribution in [-0.2, 0) is 0 Å². The number of fused-ring (bicyclic) bond motifs is 1. The minimum atomic E-state index is -0.223. The Hall–Kier alpha value is -2.21. The van der Waals surface area contributed by atoms with Crippen molar-refractivity contribution in [1.29, 1.82) is 0 Å². The van der Waals surface area contributed by atoms with E-state index in [1.165, 1.54) is 24.2 Å². The molecule has 0 saturated heterocycles. The number of carbonyl (C=O) groups is 1. The molecule has 1 amide bonds. The van der Waals surface area contributed by atoms with Gasteiger partial charge in [0, 0.05) is 16.7 Å². The van der Waals surface area contributed by atoms with Gasteiger partial charge in [0.25, 0.3) is 5.91 Å². The predicted octanol–water partition coefficient (Wildman–Crippen LogP) is 3.15. The minimum absolute atomic E-state index is 0.223. The van der Waals surface area contributed by atoms with Crippen LogP contribution in [0.3, 0.4) is 0 Å². The van der Waals surface area contributed by atoms with E-state index in [1.807, 2.05) is 29.6 Å². The summed E-state index contributed by atoms with van der Waals surface area (Å²) in [7, 11) is 0. The number of anilines is 1. The Morgan fingerprint density at radius 3 is 3.05 bits per heavy atom. The van der Waals surface area contributed by atoms with E-state index in [1.54, 1.807) is 0 Å². The second kappa shape index (κ2) is 4.42. The molecule has 1 fully saturated rings. The van der Waals surface area contributed by atoms with Gasteiger partial charge in [-0.05, 0) is 18.9 Å². The lowest BCUT2D eigenvalue weighted by Crippen LogP contribution is -2.12. The Morgan fingerprint density at radius 2 is 2.20 bits per heavy atom. The fraction of sp³-hybridized carbons (Fsp3) is 0.214. The number of nitrogens with one attached hydrogen (secondary N) is 2. The zero-order valence-corrected chi connectivity index (χ0v) is 11.4. The average molecular weight is 284 g/mol. The van der Waals surface area contributed by atoms with Gasteiger partial charge in [0.05, 0.1) is 11.2 Å². The Morgan fingerprint density at radius 1 is 1.35 bits per heavy atom. The third-order valence-corrected chi connectivity index (χ3v) is 4.20. The Bertz CT molecular complexity index is 787. The lowest BCUT2D eigenvalue weighted by molar-refractivity contribution is 0.102. The molecule has 1 aromatic carbocycles. The van der Waals surface area contributed by atoms with Crippen LogP contribution in [0.15, 0.2) is 29.6 Å². The Kier molecular flexibility index (Phi) is 2.56. The van der Waals surface area contributed by atoms with Crippen LogP contribution in [0.25, 0.3) is 10.9 Å². The SMILES string of the molecule is O=C(Nc1nc(C2CC2)cs1)c1n[nH]c2ccccc12. The number of hydrogen-bond acceptors (Lipinski definition) is 4. The van der Waals surface area contributed by atoms with Gasteiger partial charge < -0.3 is 0 Å². The number of rotatable bonds is 3. The van der Waals surface area contributed by atoms with E-state index < -0.39 is 0 Å². The average Bonchev–Trinajstić information content (AvgIpc) is 3.06. The van der Waals surface area contributed by atoms with Crippen molar-refractivity contribution in [3.63, 3.8) is 0 Å². The zero-order chi connectivity index (χ0) is 13.5. The Labute approximate surface area is 119 Å². The van der Waals surface area contributed by atoms with Crippen LogP contribution >= 0.6 is 11.3 Å². The molecule has 1 saturated carbocycles. The molecule has 5 nitrogen and oxygen atoms in total. The number of nitrogens with zero attached hydrogens (tertiary/aromatic N) is 2. The second-order valence-corrected chi connectivity index (χ2v) is 5.78. The number of aromatic nitrogens is 3. The molecular weight excluding hydrogens is 272 g/mol. The standard InChI is InChI=1S/C14H12N4OS/c19-13(12-9-3-1-2-4-10(9)17-18-12)16-14-15-11(7-20-14)8-5-6-8/h1-4,7-8H,5-6H2,(H,17,18)(H,15,16,19). The first-order valence-corrected chi connectivity index (χ1v) is 7.39. The largest absolute Gasteiger partial charge is 0.296 e. The number of hydrogen-bond donors (Lipinski definition) is 2. The summed E-state index contributed by atoms with van der Waals surface area (Å²) in [5.41, 5.74) is 2.36. The van der Waals surface area contributed by atoms with Gasteiger partial charge in [0.15, 0.2) is 10.8 Å². The van der Waals surface area contributed by atoms with Crippen LogP contribution in [0.5, 0.6) is 0 Å². The van der Waals surface area contributed by atoms with Crippen molar-refractivity contribution in [2.45, 2.75) is 18.8 Å². The molecule has 2 N–H and O–H groups in total. The van der Waals surface area contributed by atoms with Gasteiger partial charge in [-0.3, -0.25) is 15.2 Å². The van der Waals surface area contributed by atoms with Crippen molar-refractivity contribution in [1.82, 2.24) is 15.2 Å². The molecule has 4 rings (SSSR count). The molecule has 2 aromatic heterocycles. The van der Waals surface area contributed by atoms with Crippen molar-refractivity contribution >= 4 is 33.3 Å². The number of aromatic amines is 1. The molecule has 0 spiro atoms. The van der Waals surface area contributed by atoms with Crippen LogP contribution in [0.1, 0.15) is 34.9 Å². The lowest BCUT2D eigenvalue weighted by Gasteiger charge is -1.98. The van der Waals surface area contributed by atoms with E-state index in [0.29, 0.717) is 16.7 Å². The number of benzene rings is 1. The molecule has 100 valence electrons. The van der Waals surface area contributed by atoms with Crippen LogP contribution in [0, 0.1) is 0 Å². The lowest BCUT2D eigenvalue weighted by atomic mass is 10.2. The summed E-state index contributed by atoms with van der Waals surface area (Å²) < 4.78 is 0. The summed E-state index contributed by atoms with van der Waals surface area (Å²) in [5.74, 6) is 0.377. The van der Waals surface area contributed by atoms with E-state index in [9.17, 15) is 4.79 Å². The smallest absolute Gasteiger partial charge is 0.278 e. The molecule has 3 aromatic rings. The van der Waals surface area contributed by atoms with Crippen LogP contribution < -0.4 is 5.32 Å². The summed E-state index contributed by atoms with van der Waals surface area (Å²) >= 11 is 1.47. The summed E-state index contributed by atoms with van der Waals surface area (Å²) in [6.07, 6.45) is 2.42. The maximum Gasteiger partial charge on any atom is 0.278 e. The highest BCUT2D eigenvalue weighted by Crippen LogP contribution is 2.40. The van der Waals surface area contributed by atoms with Crippen LogP contribution in [-0.4, -0.2) is 21.1 Å². The van der Waals surface area contributed by atoms with Crippen molar-refractivity contribution in [3.8, 4) is 0 Å². The molecule has 1 aliphatic carbocycles. The molecule has 6 heteroatoms. The molecule has 0 bridgehead atoms. The topological polar surface area (TPSA) is 70.7 Å². The fourth-order valence-electron chi connectivity index (χ4n) is 2.20. The number of H-pyrrole nitrogens is 1. The third kappa shape index (κ3) is 1.98. The maximum atomic E-state index is 12.3. The number of para-hydroxylation sites is 1. The van der Waals surface area contributed by atoms with Gasteiger partial charge in [0.2, 0.25) is 0 Å². The monoisotopic (exact) mass is 284 g/mol. The summed E-state index contributed by atoms with van der Waals surface area (Å²) in [4.78, 5) is 16.7. The first kappa shape index (κ1) is 11.6. The summed E-state index contributed by atoms with van der Waals surface area (Å²) in [6, 6.07) is 7.58. The van der Waals surface area contributed by atoms with Gasteiger partial charge in [-0.25, -0.2) is 4.98 Å². The van der Waals surface area contributed by atoms with E-state index in [-0.39, 0.29) is 5.91 Å². The van der Waals surface area contributed by atoms with Crippen molar-refractivity contribution in [2.75, 3.05) is 5.32 Å². The molecule has 20 heavy (non-hydrogen) atoms. The molecule has 0 aliphatic heterocycles. The Balaban J connectivity index is 1.59. The van der Waals surface area contributed by atoms with E-state index in [0.717, 1.165) is 16.6 Å². The van der Waals surface area contributed by atoms with Gasteiger partial charge in [0.1, 0.15) is 0 Å². The molecule has 0 atom stereocenters. The summed E-state index contributed by atoms with van der Waals surface area (Å²) in [6.45, 7) is 0. The first-order valence-electron chi connectivity index (χ1n) is 6.51. The number of amides is 1. The number of carbonyl (C=O) groups excluding carboxylic acids is 1. The highest BCUT2D eigenvalue weighted by molar-refractivity contribution is 7.14. The van der Waals surface area contributed by atoms with Crippen molar-refractivity contribution in [3.05, 3.63) is 41.0 Å². The van der Waals surface area contributed by atoms with Crippen molar-refractivity contribution in [2.24, 2.45) is 0 Å². The highest BCUT2D eigenvalue weighted by atomic mass is 32.1. The van der Waals surface area contributed by atoms with Gasteiger partial charge >= 0.3 is 0 Å². The van der Waals surface area contributed by atoms with Gasteiger partial charge in [-0.2, -0.15) is 5.10 Å².